The monoisotopic (exact) mass is 381 g/mol. The summed E-state index contributed by atoms with van der Waals surface area (Å²) in [6.07, 6.45) is 5.55. The Bertz CT molecular complexity index is 737. The van der Waals surface area contributed by atoms with Crippen molar-refractivity contribution < 1.29 is 14.4 Å². The van der Waals surface area contributed by atoms with Gasteiger partial charge in [0.1, 0.15) is 11.5 Å². The maximum Gasteiger partial charge on any atom is 0.145 e. The number of benzene rings is 1. The molecule has 2 aliphatic rings. The van der Waals surface area contributed by atoms with E-state index in [1.165, 1.54) is 0 Å². The first-order chi connectivity index (χ1) is 12.1. The van der Waals surface area contributed by atoms with Crippen molar-refractivity contribution in [1.29, 1.82) is 0 Å². The molecule has 4 rings (SSSR count). The van der Waals surface area contributed by atoms with Crippen molar-refractivity contribution in [2.75, 3.05) is 0 Å². The van der Waals surface area contributed by atoms with Gasteiger partial charge in [0, 0.05) is 17.0 Å². The molecule has 25 heavy (non-hydrogen) atoms. The van der Waals surface area contributed by atoms with Crippen molar-refractivity contribution >= 4 is 23.2 Å². The Morgan fingerprint density at radius 2 is 1.92 bits per heavy atom. The van der Waals surface area contributed by atoms with Crippen LogP contribution in [0.15, 0.2) is 22.7 Å². The molecule has 2 atom stereocenters. The number of hydrogen-bond acceptors (Lipinski definition) is 4. The molecule has 2 aromatic rings. The van der Waals surface area contributed by atoms with E-state index in [2.05, 4.69) is 5.16 Å². The average Bonchev–Trinajstić information content (AvgIpc) is 3.34. The highest BCUT2D eigenvalue weighted by molar-refractivity contribution is 6.39. The van der Waals surface area contributed by atoms with Crippen LogP contribution in [0.25, 0.3) is 11.3 Å². The quantitative estimate of drug-likeness (QED) is 0.758. The second kappa shape index (κ2) is 7.28. The van der Waals surface area contributed by atoms with Gasteiger partial charge in [-0.15, -0.1) is 0 Å². The van der Waals surface area contributed by atoms with Crippen LogP contribution < -0.4 is 0 Å². The maximum absolute atomic E-state index is 9.85. The van der Waals surface area contributed by atoms with Gasteiger partial charge in [-0.25, -0.2) is 0 Å². The van der Waals surface area contributed by atoms with Crippen LogP contribution in [0, 0.1) is 0 Å². The predicted octanol–water partition coefficient (Wildman–Crippen LogP) is 5.35. The van der Waals surface area contributed by atoms with Gasteiger partial charge in [-0.05, 0) is 50.7 Å². The average molecular weight is 382 g/mol. The second-order valence-corrected chi connectivity index (χ2v) is 7.81. The summed E-state index contributed by atoms with van der Waals surface area (Å²) in [5.41, 5.74) is 2.31. The molecule has 4 nitrogen and oxygen atoms in total. The van der Waals surface area contributed by atoms with Crippen molar-refractivity contribution in [3.8, 4) is 11.3 Å². The van der Waals surface area contributed by atoms with E-state index in [0.717, 1.165) is 43.4 Å². The molecule has 0 aliphatic heterocycles. The molecule has 134 valence electrons. The molecule has 2 aliphatic carbocycles. The van der Waals surface area contributed by atoms with Crippen molar-refractivity contribution in [3.63, 3.8) is 0 Å². The molecule has 1 unspecified atom stereocenters. The van der Waals surface area contributed by atoms with E-state index in [1.54, 1.807) is 12.1 Å². The van der Waals surface area contributed by atoms with E-state index in [9.17, 15) is 5.11 Å². The van der Waals surface area contributed by atoms with E-state index < -0.39 is 0 Å². The van der Waals surface area contributed by atoms with Gasteiger partial charge in [-0.2, -0.15) is 0 Å². The van der Waals surface area contributed by atoms with Gasteiger partial charge in [0.05, 0.1) is 28.9 Å². The summed E-state index contributed by atoms with van der Waals surface area (Å²) in [5.74, 6) is 1.31. The van der Waals surface area contributed by atoms with E-state index in [-0.39, 0.29) is 12.2 Å². The summed E-state index contributed by atoms with van der Waals surface area (Å²) in [6.45, 7) is 0.406. The summed E-state index contributed by atoms with van der Waals surface area (Å²) in [4.78, 5) is 0. The largest absolute Gasteiger partial charge is 0.393 e. The van der Waals surface area contributed by atoms with Gasteiger partial charge in [0.25, 0.3) is 0 Å². The summed E-state index contributed by atoms with van der Waals surface area (Å²) in [6, 6.07) is 5.42. The van der Waals surface area contributed by atoms with Crippen molar-refractivity contribution in [2.45, 2.75) is 63.3 Å². The summed E-state index contributed by atoms with van der Waals surface area (Å²) in [5, 5.41) is 15.2. The molecule has 1 heterocycles. The lowest BCUT2D eigenvalue weighted by Crippen LogP contribution is -2.26. The van der Waals surface area contributed by atoms with Crippen LogP contribution in [0.2, 0.25) is 10.0 Å². The van der Waals surface area contributed by atoms with E-state index in [0.29, 0.717) is 40.2 Å². The molecule has 1 aromatic heterocycles. The molecule has 0 saturated heterocycles. The topological polar surface area (TPSA) is 55.5 Å². The number of rotatable bonds is 5. The highest BCUT2D eigenvalue weighted by Crippen LogP contribution is 2.46. The standard InChI is InChI=1S/C19H21Cl2NO3/c20-15-5-2-6-16(21)17(15)18-14(19(25-22-18)11-7-8-11)10-24-13-4-1-3-12(23)9-13/h2,5-6,11-13,23H,1,3-4,7-10H2/t12?,13-/m0/s1. The fourth-order valence-corrected chi connectivity index (χ4v) is 4.10. The molecule has 1 N–H and O–H groups in total. The fraction of sp³-hybridized carbons (Fsp3) is 0.526. The molecule has 0 bridgehead atoms. The zero-order chi connectivity index (χ0) is 17.4. The third-order valence-corrected chi connectivity index (χ3v) is 5.66. The first-order valence-electron chi connectivity index (χ1n) is 8.86. The third kappa shape index (κ3) is 3.72. The molecule has 1 aromatic carbocycles. The van der Waals surface area contributed by atoms with Gasteiger partial charge in [0.15, 0.2) is 0 Å². The Kier molecular flexibility index (Phi) is 5.05. The van der Waals surface area contributed by atoms with Crippen LogP contribution >= 0.6 is 23.2 Å². The predicted molar refractivity (Wildman–Crippen MR) is 97.0 cm³/mol. The number of aromatic nitrogens is 1. The molecule has 0 spiro atoms. The van der Waals surface area contributed by atoms with Gasteiger partial charge in [-0.1, -0.05) is 34.4 Å². The third-order valence-electron chi connectivity index (χ3n) is 5.03. The molecular weight excluding hydrogens is 361 g/mol. The summed E-state index contributed by atoms with van der Waals surface area (Å²) in [7, 11) is 0. The normalized spacial score (nSPS) is 23.8. The molecular formula is C19H21Cl2NO3. The van der Waals surface area contributed by atoms with Crippen LogP contribution in [-0.4, -0.2) is 22.5 Å². The number of halogens is 2. The minimum Gasteiger partial charge on any atom is -0.393 e. The highest BCUT2D eigenvalue weighted by Gasteiger charge is 2.34. The Morgan fingerprint density at radius 1 is 1.16 bits per heavy atom. The zero-order valence-electron chi connectivity index (χ0n) is 13.9. The smallest absolute Gasteiger partial charge is 0.145 e. The number of hydrogen-bond donors (Lipinski definition) is 1. The van der Waals surface area contributed by atoms with Crippen LogP contribution in [-0.2, 0) is 11.3 Å². The van der Waals surface area contributed by atoms with Crippen molar-refractivity contribution in [2.24, 2.45) is 0 Å². The number of aliphatic hydroxyl groups is 1. The second-order valence-electron chi connectivity index (χ2n) is 7.00. The number of nitrogens with zero attached hydrogens (tertiary/aromatic N) is 1. The minimum absolute atomic E-state index is 0.0697. The molecule has 0 amide bonds. The molecule has 0 radical (unpaired) electrons. The van der Waals surface area contributed by atoms with Gasteiger partial charge in [0.2, 0.25) is 0 Å². The first kappa shape index (κ1) is 17.3. The van der Waals surface area contributed by atoms with Crippen molar-refractivity contribution in [3.05, 3.63) is 39.6 Å². The fourth-order valence-electron chi connectivity index (χ4n) is 3.52. The Hall–Kier alpha value is -1.07. The van der Waals surface area contributed by atoms with E-state index >= 15 is 0 Å². The number of ether oxygens (including phenoxy) is 1. The maximum atomic E-state index is 9.85. The lowest BCUT2D eigenvalue weighted by molar-refractivity contribution is -0.0230. The van der Waals surface area contributed by atoms with Crippen molar-refractivity contribution in [1.82, 2.24) is 5.16 Å². The van der Waals surface area contributed by atoms with Gasteiger partial charge < -0.3 is 14.4 Å². The first-order valence-corrected chi connectivity index (χ1v) is 9.61. The highest BCUT2D eigenvalue weighted by atomic mass is 35.5. The Morgan fingerprint density at radius 3 is 2.60 bits per heavy atom. The minimum atomic E-state index is -0.262. The van der Waals surface area contributed by atoms with Crippen LogP contribution in [0.3, 0.4) is 0 Å². The van der Waals surface area contributed by atoms with Crippen LogP contribution in [0.4, 0.5) is 0 Å². The van der Waals surface area contributed by atoms with Crippen LogP contribution in [0.5, 0.6) is 0 Å². The van der Waals surface area contributed by atoms with Crippen LogP contribution in [0.1, 0.15) is 55.8 Å². The number of aliphatic hydroxyl groups excluding tert-OH is 1. The lowest BCUT2D eigenvalue weighted by Gasteiger charge is -2.26. The molecule has 6 heteroatoms. The zero-order valence-corrected chi connectivity index (χ0v) is 15.4. The molecule has 2 saturated carbocycles. The summed E-state index contributed by atoms with van der Waals surface area (Å²) >= 11 is 12.7. The van der Waals surface area contributed by atoms with E-state index in [4.69, 9.17) is 32.5 Å². The SMILES string of the molecule is OC1CCC[C@H](OCc2c(-c3c(Cl)cccc3Cl)noc2C2CC2)C1. The Labute approximate surface area is 157 Å². The van der Waals surface area contributed by atoms with Gasteiger partial charge >= 0.3 is 0 Å². The molecule has 2 fully saturated rings. The summed E-state index contributed by atoms with van der Waals surface area (Å²) < 4.78 is 11.8. The van der Waals surface area contributed by atoms with E-state index in [1.807, 2.05) is 6.07 Å². The Balaban J connectivity index is 1.62. The lowest BCUT2D eigenvalue weighted by atomic mass is 9.95. The van der Waals surface area contributed by atoms with Gasteiger partial charge in [-0.3, -0.25) is 0 Å².